The van der Waals surface area contributed by atoms with Gasteiger partial charge in [-0.1, -0.05) is 12.1 Å². The number of carbonyl (C=O) groups excluding carboxylic acids is 1. The molecule has 7 heteroatoms. The monoisotopic (exact) mass is 416 g/mol. The SMILES string of the molecule is CC(=O)Nc1ccccc1OCC(O)CN1CCCC(COc2ccc(F)cc2)C1. The number of amides is 1. The number of nitrogens with zero attached hydrogens (tertiary/aromatic N) is 1. The van der Waals surface area contributed by atoms with Crippen molar-refractivity contribution < 1.29 is 23.8 Å². The lowest BCUT2D eigenvalue weighted by atomic mass is 9.98. The molecule has 0 aromatic heterocycles. The molecule has 2 atom stereocenters. The van der Waals surface area contributed by atoms with Gasteiger partial charge in [-0.25, -0.2) is 4.39 Å². The summed E-state index contributed by atoms with van der Waals surface area (Å²) in [5.74, 6) is 1.11. The molecule has 1 aliphatic rings. The van der Waals surface area contributed by atoms with Crippen LogP contribution in [0.3, 0.4) is 0 Å². The Morgan fingerprint density at radius 3 is 2.77 bits per heavy atom. The molecule has 1 saturated heterocycles. The van der Waals surface area contributed by atoms with Crippen molar-refractivity contribution in [2.24, 2.45) is 5.92 Å². The standard InChI is InChI=1S/C23H29FN2O4/c1-17(27)25-22-6-2-3-7-23(22)30-16-20(28)14-26-12-4-5-18(13-26)15-29-21-10-8-19(24)9-11-21/h2-3,6-11,18,20,28H,4-5,12-16H2,1H3,(H,25,27). The second kappa shape index (κ2) is 10.9. The van der Waals surface area contributed by atoms with Gasteiger partial charge in [0.2, 0.25) is 5.91 Å². The highest BCUT2D eigenvalue weighted by molar-refractivity contribution is 5.90. The predicted molar refractivity (Wildman–Crippen MR) is 113 cm³/mol. The first-order chi connectivity index (χ1) is 14.5. The zero-order valence-corrected chi connectivity index (χ0v) is 17.2. The van der Waals surface area contributed by atoms with E-state index in [-0.39, 0.29) is 18.3 Å². The number of nitrogens with one attached hydrogen (secondary N) is 1. The van der Waals surface area contributed by atoms with Gasteiger partial charge in [-0.15, -0.1) is 0 Å². The highest BCUT2D eigenvalue weighted by Gasteiger charge is 2.22. The highest BCUT2D eigenvalue weighted by atomic mass is 19.1. The number of hydrogen-bond donors (Lipinski definition) is 2. The van der Waals surface area contributed by atoms with Crippen molar-refractivity contribution in [3.8, 4) is 11.5 Å². The fourth-order valence-electron chi connectivity index (χ4n) is 3.62. The van der Waals surface area contributed by atoms with E-state index in [2.05, 4.69) is 10.2 Å². The third kappa shape index (κ3) is 7.00. The van der Waals surface area contributed by atoms with Gasteiger partial charge in [0.1, 0.15) is 30.0 Å². The van der Waals surface area contributed by atoms with Gasteiger partial charge in [-0.3, -0.25) is 4.79 Å². The van der Waals surface area contributed by atoms with Gasteiger partial charge in [0.05, 0.1) is 12.3 Å². The van der Waals surface area contributed by atoms with Crippen molar-refractivity contribution in [2.75, 3.05) is 38.2 Å². The van der Waals surface area contributed by atoms with E-state index in [1.165, 1.54) is 19.1 Å². The van der Waals surface area contributed by atoms with Gasteiger partial charge < -0.3 is 24.8 Å². The van der Waals surface area contributed by atoms with E-state index in [1.54, 1.807) is 24.3 Å². The normalized spacial score (nSPS) is 17.9. The molecule has 162 valence electrons. The first-order valence-electron chi connectivity index (χ1n) is 10.3. The molecule has 2 aromatic carbocycles. The van der Waals surface area contributed by atoms with Crippen LogP contribution in [-0.4, -0.2) is 54.9 Å². The number of benzene rings is 2. The van der Waals surface area contributed by atoms with Gasteiger partial charge in [0, 0.05) is 25.9 Å². The number of hydrogen-bond acceptors (Lipinski definition) is 5. The summed E-state index contributed by atoms with van der Waals surface area (Å²) < 4.78 is 24.5. The maximum atomic E-state index is 13.0. The first kappa shape index (κ1) is 22.1. The molecular formula is C23H29FN2O4. The zero-order valence-electron chi connectivity index (χ0n) is 17.2. The number of aliphatic hydroxyl groups excluding tert-OH is 1. The minimum Gasteiger partial charge on any atom is -0.493 e. The Morgan fingerprint density at radius 2 is 2.00 bits per heavy atom. The maximum Gasteiger partial charge on any atom is 0.221 e. The summed E-state index contributed by atoms with van der Waals surface area (Å²) in [6, 6.07) is 13.2. The minimum atomic E-state index is -0.646. The number of β-amino-alcohol motifs (C(OH)–C–C–N with tert-alkyl or cyclic N) is 1. The third-order valence-electron chi connectivity index (χ3n) is 5.00. The van der Waals surface area contributed by atoms with Crippen molar-refractivity contribution in [3.63, 3.8) is 0 Å². The van der Waals surface area contributed by atoms with Crippen LogP contribution in [0.2, 0.25) is 0 Å². The molecule has 0 bridgehead atoms. The zero-order chi connectivity index (χ0) is 21.3. The lowest BCUT2D eigenvalue weighted by molar-refractivity contribution is -0.114. The summed E-state index contributed by atoms with van der Waals surface area (Å²) in [4.78, 5) is 13.5. The van der Waals surface area contributed by atoms with E-state index in [9.17, 15) is 14.3 Å². The van der Waals surface area contributed by atoms with Gasteiger partial charge in [-0.05, 0) is 55.8 Å². The van der Waals surface area contributed by atoms with E-state index in [0.29, 0.717) is 36.3 Å². The van der Waals surface area contributed by atoms with E-state index in [0.717, 1.165) is 25.9 Å². The number of rotatable bonds is 9. The van der Waals surface area contributed by atoms with Crippen LogP contribution < -0.4 is 14.8 Å². The molecule has 2 unspecified atom stereocenters. The fourth-order valence-corrected chi connectivity index (χ4v) is 3.62. The molecule has 0 aliphatic carbocycles. The summed E-state index contributed by atoms with van der Waals surface area (Å²) in [5.41, 5.74) is 0.591. The van der Waals surface area contributed by atoms with Gasteiger partial charge >= 0.3 is 0 Å². The number of aliphatic hydroxyl groups is 1. The summed E-state index contributed by atoms with van der Waals surface area (Å²) >= 11 is 0. The molecule has 2 N–H and O–H groups in total. The Hall–Kier alpha value is -2.64. The second-order valence-corrected chi connectivity index (χ2v) is 7.67. The van der Waals surface area contributed by atoms with Crippen LogP contribution in [0.25, 0.3) is 0 Å². The van der Waals surface area contributed by atoms with E-state index in [1.807, 2.05) is 12.1 Å². The number of halogens is 1. The number of piperidine rings is 1. The molecule has 30 heavy (non-hydrogen) atoms. The Labute approximate surface area is 176 Å². The van der Waals surface area contributed by atoms with Crippen molar-refractivity contribution in [1.29, 1.82) is 0 Å². The number of carbonyl (C=O) groups is 1. The largest absolute Gasteiger partial charge is 0.493 e. The predicted octanol–water partition coefficient (Wildman–Crippen LogP) is 3.31. The van der Waals surface area contributed by atoms with Gasteiger partial charge in [0.25, 0.3) is 0 Å². The molecule has 1 aliphatic heterocycles. The topological polar surface area (TPSA) is 71.0 Å². The summed E-state index contributed by atoms with van der Waals surface area (Å²) in [7, 11) is 0. The van der Waals surface area contributed by atoms with Crippen molar-refractivity contribution in [2.45, 2.75) is 25.9 Å². The molecule has 0 radical (unpaired) electrons. The van der Waals surface area contributed by atoms with Gasteiger partial charge in [-0.2, -0.15) is 0 Å². The third-order valence-corrected chi connectivity index (χ3v) is 5.00. The molecular weight excluding hydrogens is 387 g/mol. The van der Waals surface area contributed by atoms with Crippen LogP contribution in [0.5, 0.6) is 11.5 Å². The Bertz CT molecular complexity index is 815. The summed E-state index contributed by atoms with van der Waals surface area (Å²) in [6.07, 6.45) is 1.46. The van der Waals surface area contributed by atoms with Crippen molar-refractivity contribution >= 4 is 11.6 Å². The Kier molecular flexibility index (Phi) is 8.04. The van der Waals surface area contributed by atoms with Crippen LogP contribution in [0.15, 0.2) is 48.5 Å². The highest BCUT2D eigenvalue weighted by Crippen LogP contribution is 2.24. The van der Waals surface area contributed by atoms with Crippen LogP contribution in [0.1, 0.15) is 19.8 Å². The minimum absolute atomic E-state index is 0.143. The molecule has 6 nitrogen and oxygen atoms in total. The Balaban J connectivity index is 1.43. The van der Waals surface area contributed by atoms with Gasteiger partial charge in [0.15, 0.2) is 0 Å². The fraction of sp³-hybridized carbons (Fsp3) is 0.435. The molecule has 2 aromatic rings. The average Bonchev–Trinajstić information content (AvgIpc) is 2.73. The van der Waals surface area contributed by atoms with E-state index in [4.69, 9.17) is 9.47 Å². The molecule has 0 saturated carbocycles. The first-order valence-corrected chi connectivity index (χ1v) is 10.3. The lowest BCUT2D eigenvalue weighted by Gasteiger charge is -2.33. The van der Waals surface area contributed by atoms with Crippen LogP contribution >= 0.6 is 0 Å². The average molecular weight is 416 g/mol. The Morgan fingerprint density at radius 1 is 1.23 bits per heavy atom. The molecule has 3 rings (SSSR count). The quantitative estimate of drug-likeness (QED) is 0.656. The summed E-state index contributed by atoms with van der Waals surface area (Å²) in [5, 5.41) is 13.2. The number of likely N-dealkylation sites (tertiary alicyclic amines) is 1. The van der Waals surface area contributed by atoms with Crippen LogP contribution in [0.4, 0.5) is 10.1 Å². The van der Waals surface area contributed by atoms with Crippen LogP contribution in [0, 0.1) is 11.7 Å². The second-order valence-electron chi connectivity index (χ2n) is 7.67. The molecule has 0 spiro atoms. The van der Waals surface area contributed by atoms with Crippen molar-refractivity contribution in [3.05, 3.63) is 54.3 Å². The molecule has 1 fully saturated rings. The summed E-state index contributed by atoms with van der Waals surface area (Å²) in [6.45, 7) is 4.42. The number of anilines is 1. The van der Waals surface area contributed by atoms with E-state index < -0.39 is 6.10 Å². The van der Waals surface area contributed by atoms with Crippen molar-refractivity contribution in [1.82, 2.24) is 4.90 Å². The number of para-hydroxylation sites is 2. The maximum absolute atomic E-state index is 13.0. The smallest absolute Gasteiger partial charge is 0.221 e. The number of ether oxygens (including phenoxy) is 2. The van der Waals surface area contributed by atoms with E-state index >= 15 is 0 Å². The lowest BCUT2D eigenvalue weighted by Crippen LogP contribution is -2.43. The molecule has 1 amide bonds. The van der Waals surface area contributed by atoms with Crippen LogP contribution in [-0.2, 0) is 4.79 Å². The molecule has 1 heterocycles.